The van der Waals surface area contributed by atoms with Gasteiger partial charge in [-0.15, -0.1) is 0 Å². The smallest absolute Gasteiger partial charge is 0.166 e. The zero-order valence-corrected chi connectivity index (χ0v) is 29.1. The van der Waals surface area contributed by atoms with Crippen molar-refractivity contribution in [3.05, 3.63) is 161 Å². The Hall–Kier alpha value is -4.31. The molecule has 3 heteroatoms. The van der Waals surface area contributed by atoms with Crippen LogP contribution in [0.15, 0.2) is 158 Å². The predicted octanol–water partition coefficient (Wildman–Crippen LogP) is 11.7. The molecule has 2 aliphatic rings. The SMILES string of the molecule is CC(=O)c1ccc2c(c1)C(C)(C)c1cc(Sc3ccc([S+](c4ccccc4)c4ccc5c(c4)C(C)(C)c4ccccc4-5)cc3)ccc1-2. The third-order valence-corrected chi connectivity index (χ3v) is 13.3. The van der Waals surface area contributed by atoms with E-state index in [0.717, 1.165) is 5.56 Å². The molecule has 0 aromatic heterocycles. The first-order valence-corrected chi connectivity index (χ1v) is 18.3. The molecule has 230 valence electrons. The lowest BCUT2D eigenvalue weighted by molar-refractivity contribution is 0.101. The minimum absolute atomic E-state index is 0.0321. The van der Waals surface area contributed by atoms with E-state index in [1.807, 2.05) is 17.8 Å². The van der Waals surface area contributed by atoms with Crippen molar-refractivity contribution in [1.29, 1.82) is 0 Å². The first-order chi connectivity index (χ1) is 22.6. The number of rotatable bonds is 6. The van der Waals surface area contributed by atoms with E-state index < -0.39 is 0 Å². The van der Waals surface area contributed by atoms with Gasteiger partial charge in [-0.3, -0.25) is 4.79 Å². The molecule has 0 heterocycles. The van der Waals surface area contributed by atoms with Crippen LogP contribution in [0.25, 0.3) is 22.3 Å². The normalized spacial score (nSPS) is 15.3. The van der Waals surface area contributed by atoms with Gasteiger partial charge < -0.3 is 0 Å². The summed E-state index contributed by atoms with van der Waals surface area (Å²) >= 11 is 1.81. The van der Waals surface area contributed by atoms with Crippen molar-refractivity contribution < 1.29 is 4.79 Å². The third kappa shape index (κ3) is 4.91. The van der Waals surface area contributed by atoms with Crippen molar-refractivity contribution in [3.8, 4) is 22.3 Å². The van der Waals surface area contributed by atoms with E-state index in [9.17, 15) is 4.79 Å². The first-order valence-electron chi connectivity index (χ1n) is 16.2. The van der Waals surface area contributed by atoms with Gasteiger partial charge in [-0.25, -0.2) is 0 Å². The number of hydrogen-bond donors (Lipinski definition) is 0. The highest BCUT2D eigenvalue weighted by atomic mass is 32.2. The van der Waals surface area contributed by atoms with Gasteiger partial charge in [-0.2, -0.15) is 0 Å². The number of carbonyl (C=O) groups excluding carboxylic acids is 1. The summed E-state index contributed by atoms with van der Waals surface area (Å²) in [5.74, 6) is 0.111. The lowest BCUT2D eigenvalue weighted by Gasteiger charge is -2.22. The highest BCUT2D eigenvalue weighted by Crippen LogP contribution is 2.51. The molecule has 0 saturated heterocycles. The second kappa shape index (κ2) is 11.1. The summed E-state index contributed by atoms with van der Waals surface area (Å²) in [4.78, 5) is 18.6. The lowest BCUT2D eigenvalue weighted by Crippen LogP contribution is -2.16. The summed E-state index contributed by atoms with van der Waals surface area (Å²) in [7, 11) is -0.232. The molecule has 0 bridgehead atoms. The van der Waals surface area contributed by atoms with E-state index in [1.165, 1.54) is 69.0 Å². The Kier molecular flexibility index (Phi) is 7.13. The van der Waals surface area contributed by atoms with Crippen molar-refractivity contribution in [2.75, 3.05) is 0 Å². The van der Waals surface area contributed by atoms with E-state index in [1.54, 1.807) is 6.92 Å². The fraction of sp³-hybridized carbons (Fsp3) is 0.159. The van der Waals surface area contributed by atoms with Gasteiger partial charge in [-0.1, -0.05) is 100 Å². The van der Waals surface area contributed by atoms with E-state index in [2.05, 4.69) is 155 Å². The highest BCUT2D eigenvalue weighted by molar-refractivity contribution is 7.99. The summed E-state index contributed by atoms with van der Waals surface area (Å²) in [6.45, 7) is 10.9. The molecule has 1 unspecified atom stereocenters. The maximum Gasteiger partial charge on any atom is 0.166 e. The zero-order chi connectivity index (χ0) is 32.5. The van der Waals surface area contributed by atoms with E-state index in [-0.39, 0.29) is 27.5 Å². The van der Waals surface area contributed by atoms with E-state index >= 15 is 0 Å². The Morgan fingerprint density at radius 3 is 1.72 bits per heavy atom. The molecule has 8 rings (SSSR count). The maximum atomic E-state index is 12.1. The monoisotopic (exact) mass is 645 g/mol. The van der Waals surface area contributed by atoms with Gasteiger partial charge in [0.25, 0.3) is 0 Å². The Balaban J connectivity index is 1.11. The second-order valence-corrected chi connectivity index (χ2v) is 16.9. The molecule has 1 atom stereocenters. The molecule has 0 spiro atoms. The van der Waals surface area contributed by atoms with Crippen LogP contribution in [-0.2, 0) is 21.7 Å². The minimum Gasteiger partial charge on any atom is -0.295 e. The van der Waals surface area contributed by atoms with Gasteiger partial charge in [0, 0.05) is 26.2 Å². The van der Waals surface area contributed by atoms with Crippen LogP contribution in [0.1, 0.15) is 67.2 Å². The average Bonchev–Trinajstić information content (AvgIpc) is 3.45. The van der Waals surface area contributed by atoms with Crippen LogP contribution >= 0.6 is 11.8 Å². The molecule has 0 fully saturated rings. The van der Waals surface area contributed by atoms with Crippen LogP contribution in [0.3, 0.4) is 0 Å². The molecule has 0 amide bonds. The fourth-order valence-corrected chi connectivity index (χ4v) is 10.5. The van der Waals surface area contributed by atoms with Gasteiger partial charge in [0.1, 0.15) is 0 Å². The van der Waals surface area contributed by atoms with Crippen LogP contribution < -0.4 is 0 Å². The molecule has 2 aliphatic carbocycles. The highest BCUT2D eigenvalue weighted by Gasteiger charge is 2.39. The molecular weight excluding hydrogens is 609 g/mol. The molecule has 0 N–H and O–H groups in total. The van der Waals surface area contributed by atoms with Gasteiger partial charge in [0.05, 0.1) is 10.9 Å². The Morgan fingerprint density at radius 2 is 1.00 bits per heavy atom. The van der Waals surface area contributed by atoms with Crippen LogP contribution in [0.2, 0.25) is 0 Å². The summed E-state index contributed by atoms with van der Waals surface area (Å²) in [6.07, 6.45) is 0. The summed E-state index contributed by atoms with van der Waals surface area (Å²) in [5, 5.41) is 0. The largest absolute Gasteiger partial charge is 0.295 e. The fourth-order valence-electron chi connectivity index (χ4n) is 7.55. The number of carbonyl (C=O) groups is 1. The van der Waals surface area contributed by atoms with Crippen molar-refractivity contribution in [3.63, 3.8) is 0 Å². The van der Waals surface area contributed by atoms with Gasteiger partial charge >= 0.3 is 0 Å². The Bertz CT molecular complexity index is 2190. The number of Topliss-reactive ketones (excluding diaryl/α,β-unsaturated/α-hetero) is 1. The number of benzene rings is 6. The Labute approximate surface area is 285 Å². The average molecular weight is 646 g/mol. The second-order valence-electron chi connectivity index (χ2n) is 13.7. The van der Waals surface area contributed by atoms with Crippen molar-refractivity contribution in [1.82, 2.24) is 0 Å². The molecule has 6 aromatic rings. The van der Waals surface area contributed by atoms with E-state index in [4.69, 9.17) is 0 Å². The summed E-state index contributed by atoms with van der Waals surface area (Å²) in [6, 6.07) is 49.2. The van der Waals surface area contributed by atoms with Gasteiger partial charge in [0.2, 0.25) is 0 Å². The maximum absolute atomic E-state index is 12.1. The minimum atomic E-state index is -0.232. The van der Waals surface area contributed by atoms with Gasteiger partial charge in [0.15, 0.2) is 20.5 Å². The summed E-state index contributed by atoms with van der Waals surface area (Å²) in [5.41, 5.74) is 11.2. The quantitative estimate of drug-likeness (QED) is 0.132. The first kappa shape index (κ1) is 30.1. The lowest BCUT2D eigenvalue weighted by atomic mass is 9.82. The van der Waals surface area contributed by atoms with Crippen LogP contribution in [-0.4, -0.2) is 5.78 Å². The standard InChI is InChI=1S/C44H37OS2/c1-28(45)29-15-22-36-37-23-18-31(26-41(37)44(4,5)40(36)25-29)46-30-16-19-33(20-17-30)47(32-11-7-6-8-12-32)34-21-24-38-35-13-9-10-14-39(35)43(2,3)42(38)27-34/h6-27H,1-5H3/q+1. The topological polar surface area (TPSA) is 17.1 Å². The molecule has 1 nitrogen and oxygen atoms in total. The molecule has 6 aromatic carbocycles. The Morgan fingerprint density at radius 1 is 0.489 bits per heavy atom. The third-order valence-electron chi connectivity index (χ3n) is 10.1. The molecule has 47 heavy (non-hydrogen) atoms. The number of ketones is 1. The van der Waals surface area contributed by atoms with Crippen molar-refractivity contribution >= 4 is 28.4 Å². The van der Waals surface area contributed by atoms with Crippen LogP contribution in [0.5, 0.6) is 0 Å². The molecule has 0 saturated carbocycles. The zero-order valence-electron chi connectivity index (χ0n) is 27.4. The molecule has 0 aliphatic heterocycles. The van der Waals surface area contributed by atoms with Crippen LogP contribution in [0.4, 0.5) is 0 Å². The predicted molar refractivity (Wildman–Crippen MR) is 197 cm³/mol. The van der Waals surface area contributed by atoms with Gasteiger partial charge in [-0.05, 0) is 124 Å². The number of fused-ring (bicyclic) bond motifs is 6. The molecular formula is C44H37OS2+. The van der Waals surface area contributed by atoms with E-state index in [0.29, 0.717) is 0 Å². The van der Waals surface area contributed by atoms with Crippen LogP contribution in [0, 0.1) is 0 Å². The molecule has 0 radical (unpaired) electrons. The van der Waals surface area contributed by atoms with Crippen molar-refractivity contribution in [2.45, 2.75) is 69.9 Å². The van der Waals surface area contributed by atoms with Crippen molar-refractivity contribution in [2.24, 2.45) is 0 Å². The summed E-state index contributed by atoms with van der Waals surface area (Å²) < 4.78 is 0. The number of hydrogen-bond acceptors (Lipinski definition) is 2.